The molecule has 6 heterocycles. The Morgan fingerprint density at radius 2 is 1.06 bits per heavy atom. The Kier molecular flexibility index (Phi) is 9.66. The van der Waals surface area contributed by atoms with Crippen LogP contribution in [0.15, 0.2) is 84.9 Å². The summed E-state index contributed by atoms with van der Waals surface area (Å²) >= 11 is 0. The van der Waals surface area contributed by atoms with Gasteiger partial charge < -0.3 is 19.3 Å². The zero-order valence-electron chi connectivity index (χ0n) is 30.2. The number of hydrogen-bond acceptors (Lipinski definition) is 5. The van der Waals surface area contributed by atoms with Crippen LogP contribution in [0.1, 0.15) is 93.9 Å². The van der Waals surface area contributed by atoms with E-state index in [9.17, 15) is 0 Å². The van der Waals surface area contributed by atoms with E-state index in [1.165, 1.54) is 117 Å². The van der Waals surface area contributed by atoms with Crippen molar-refractivity contribution in [1.29, 1.82) is 5.26 Å². The monoisotopic (exact) mass is 693 g/mol. The number of aryl methyl sites for hydroxylation is 1. The molecule has 6 aliphatic rings. The summed E-state index contributed by atoms with van der Waals surface area (Å²) < 4.78 is 13.1. The minimum absolute atomic E-state index is 0. The highest BCUT2D eigenvalue weighted by atomic mass is 16.5. The SMILES string of the molecule is C.Cc1ccc(-c2ccc3c(c2)C[C@@]2(CCN4CCCC[C@H]4C2)O3)cc1.N#Cc1ccc(-c2ccc3c(c2)C[C@]2(CCN4CCCC[C@@H]4C2)O3)cc1. The lowest BCUT2D eigenvalue weighted by Crippen LogP contribution is -2.54. The minimum atomic E-state index is 0. The van der Waals surface area contributed by atoms with E-state index >= 15 is 0 Å². The largest absolute Gasteiger partial charge is 0.487 e. The van der Waals surface area contributed by atoms with Crippen molar-refractivity contribution in [3.8, 4) is 39.8 Å². The number of fused-ring (bicyclic) bond motifs is 4. The van der Waals surface area contributed by atoms with Gasteiger partial charge in [-0.05, 0) is 115 Å². The van der Waals surface area contributed by atoms with Gasteiger partial charge in [0.15, 0.2) is 0 Å². The number of hydrogen-bond donors (Lipinski definition) is 0. The summed E-state index contributed by atoms with van der Waals surface area (Å²) in [6.45, 7) is 7.11. The van der Waals surface area contributed by atoms with Crippen LogP contribution < -0.4 is 9.47 Å². The molecule has 5 nitrogen and oxygen atoms in total. The van der Waals surface area contributed by atoms with Crippen LogP contribution >= 0.6 is 0 Å². The lowest BCUT2D eigenvalue weighted by atomic mass is 9.80. The van der Waals surface area contributed by atoms with E-state index < -0.39 is 0 Å². The third kappa shape index (κ3) is 6.89. The van der Waals surface area contributed by atoms with Crippen molar-refractivity contribution >= 4 is 0 Å². The highest BCUT2D eigenvalue weighted by Gasteiger charge is 2.47. The van der Waals surface area contributed by atoms with Gasteiger partial charge in [-0.25, -0.2) is 0 Å². The molecule has 4 fully saturated rings. The van der Waals surface area contributed by atoms with Gasteiger partial charge in [0.2, 0.25) is 0 Å². The molecule has 10 rings (SSSR count). The smallest absolute Gasteiger partial charge is 0.123 e. The molecule has 0 amide bonds. The summed E-state index contributed by atoms with van der Waals surface area (Å²) in [4.78, 5) is 5.39. The fourth-order valence-electron chi connectivity index (χ4n) is 10.1. The Labute approximate surface area is 311 Å². The second-order valence-corrected chi connectivity index (χ2v) is 16.4. The van der Waals surface area contributed by atoms with Crippen LogP contribution in [0.4, 0.5) is 0 Å². The summed E-state index contributed by atoms with van der Waals surface area (Å²) in [7, 11) is 0. The standard InChI is InChI=1S/C23H24N2O.C23H27NO.CH4/c24-16-17-4-6-18(7-5-17)19-8-9-22-20(13-19)14-23(26-22)10-12-25-11-2-1-3-21(25)15-23;1-17-5-7-18(8-6-17)19-9-10-22-20(14-19)15-23(25-22)11-13-24-12-3-2-4-21(24)16-23;/h4-9,13,21H,1-3,10-12,14-15H2;5-10,14,21H,2-4,11-13,15-16H2,1H3;1H4/t2*21-,23+;/m10./s1. The van der Waals surface area contributed by atoms with Crippen molar-refractivity contribution in [1.82, 2.24) is 9.80 Å². The highest BCUT2D eigenvalue weighted by molar-refractivity contribution is 5.68. The van der Waals surface area contributed by atoms with Crippen molar-refractivity contribution in [3.05, 3.63) is 107 Å². The van der Waals surface area contributed by atoms with Crippen LogP contribution in [-0.4, -0.2) is 59.3 Å². The van der Waals surface area contributed by atoms with Crippen LogP contribution in [0.3, 0.4) is 0 Å². The Morgan fingerprint density at radius 1 is 0.596 bits per heavy atom. The summed E-state index contributed by atoms with van der Waals surface area (Å²) in [6.07, 6.45) is 15.0. The molecule has 0 saturated carbocycles. The topological polar surface area (TPSA) is 48.7 Å². The maximum absolute atomic E-state index is 8.98. The first-order chi connectivity index (χ1) is 25.0. The molecular weight excluding hydrogens is 639 g/mol. The average Bonchev–Trinajstić information content (AvgIpc) is 3.71. The molecule has 270 valence electrons. The molecule has 4 aromatic rings. The maximum Gasteiger partial charge on any atom is 0.123 e. The quantitative estimate of drug-likeness (QED) is 0.209. The van der Waals surface area contributed by atoms with Gasteiger partial charge in [0.25, 0.3) is 0 Å². The molecule has 6 aliphatic heterocycles. The second kappa shape index (κ2) is 14.4. The molecule has 0 N–H and O–H groups in total. The van der Waals surface area contributed by atoms with Crippen LogP contribution in [-0.2, 0) is 12.8 Å². The Morgan fingerprint density at radius 3 is 1.54 bits per heavy atom. The van der Waals surface area contributed by atoms with Gasteiger partial charge in [-0.1, -0.05) is 74.4 Å². The van der Waals surface area contributed by atoms with Gasteiger partial charge in [0.1, 0.15) is 22.7 Å². The number of rotatable bonds is 2. The molecule has 4 saturated heterocycles. The first-order valence-corrected chi connectivity index (χ1v) is 19.7. The number of ether oxygens (including phenoxy) is 2. The van der Waals surface area contributed by atoms with Gasteiger partial charge in [-0.2, -0.15) is 5.26 Å². The summed E-state index contributed by atoms with van der Waals surface area (Å²) in [5.41, 5.74) is 9.84. The van der Waals surface area contributed by atoms with E-state index in [1.54, 1.807) is 0 Å². The van der Waals surface area contributed by atoms with Crippen molar-refractivity contribution < 1.29 is 9.47 Å². The van der Waals surface area contributed by atoms with Crippen molar-refractivity contribution in [2.24, 2.45) is 0 Å². The Balaban J connectivity index is 0.000000146. The first kappa shape index (κ1) is 34.9. The van der Waals surface area contributed by atoms with E-state index in [-0.39, 0.29) is 18.6 Å². The third-order valence-electron chi connectivity index (χ3n) is 13.0. The van der Waals surface area contributed by atoms with Crippen LogP contribution in [0.25, 0.3) is 22.3 Å². The molecule has 2 spiro atoms. The number of piperidine rings is 4. The van der Waals surface area contributed by atoms with Crippen LogP contribution in [0, 0.1) is 18.3 Å². The second-order valence-electron chi connectivity index (χ2n) is 16.4. The highest BCUT2D eigenvalue weighted by Crippen LogP contribution is 2.47. The van der Waals surface area contributed by atoms with E-state index in [0.717, 1.165) is 42.4 Å². The van der Waals surface area contributed by atoms with Gasteiger partial charge in [0, 0.05) is 63.7 Å². The Bertz CT molecular complexity index is 1930. The molecular formula is C47H55N3O2. The van der Waals surface area contributed by atoms with Gasteiger partial charge in [-0.15, -0.1) is 0 Å². The van der Waals surface area contributed by atoms with E-state index in [1.807, 2.05) is 24.3 Å². The molecule has 4 atom stereocenters. The normalized spacial score (nSPS) is 27.4. The molecule has 0 aliphatic carbocycles. The van der Waals surface area contributed by atoms with E-state index in [0.29, 0.717) is 11.6 Å². The Hall–Kier alpha value is -4.11. The van der Waals surface area contributed by atoms with E-state index in [2.05, 4.69) is 83.5 Å². The number of nitrogens with zero attached hydrogens (tertiary/aromatic N) is 3. The fraction of sp³-hybridized carbons (Fsp3) is 0.468. The summed E-state index contributed by atoms with van der Waals surface area (Å²) in [5, 5.41) is 8.98. The molecule has 52 heavy (non-hydrogen) atoms. The summed E-state index contributed by atoms with van der Waals surface area (Å²) in [5.74, 6) is 2.20. The summed E-state index contributed by atoms with van der Waals surface area (Å²) in [6, 6.07) is 33.7. The molecule has 4 aromatic carbocycles. The zero-order chi connectivity index (χ0) is 34.4. The molecule has 0 aromatic heterocycles. The fourth-order valence-corrected chi connectivity index (χ4v) is 10.1. The van der Waals surface area contributed by atoms with Crippen LogP contribution in [0.2, 0.25) is 0 Å². The van der Waals surface area contributed by atoms with Crippen molar-refractivity contribution in [2.75, 3.05) is 26.2 Å². The lowest BCUT2D eigenvalue weighted by molar-refractivity contribution is -0.0252. The third-order valence-corrected chi connectivity index (χ3v) is 13.0. The maximum atomic E-state index is 8.98. The van der Waals surface area contributed by atoms with Crippen molar-refractivity contribution in [2.45, 2.75) is 115 Å². The molecule has 5 heteroatoms. The first-order valence-electron chi connectivity index (χ1n) is 19.7. The molecule has 0 unspecified atom stereocenters. The molecule has 0 radical (unpaired) electrons. The number of nitriles is 1. The average molecular weight is 694 g/mol. The predicted molar refractivity (Wildman–Crippen MR) is 211 cm³/mol. The van der Waals surface area contributed by atoms with Gasteiger partial charge >= 0.3 is 0 Å². The number of benzene rings is 4. The van der Waals surface area contributed by atoms with Crippen LogP contribution in [0.5, 0.6) is 11.5 Å². The predicted octanol–water partition coefficient (Wildman–Crippen LogP) is 10.2. The lowest BCUT2D eigenvalue weighted by Gasteiger charge is -2.46. The van der Waals surface area contributed by atoms with Gasteiger partial charge in [-0.3, -0.25) is 0 Å². The van der Waals surface area contributed by atoms with Crippen molar-refractivity contribution in [3.63, 3.8) is 0 Å². The van der Waals surface area contributed by atoms with E-state index in [4.69, 9.17) is 14.7 Å². The molecule has 0 bridgehead atoms. The minimum Gasteiger partial charge on any atom is -0.487 e. The van der Waals surface area contributed by atoms with Gasteiger partial charge in [0.05, 0.1) is 11.6 Å². The zero-order valence-corrected chi connectivity index (χ0v) is 30.2.